The van der Waals surface area contributed by atoms with Crippen molar-refractivity contribution in [1.29, 1.82) is 0 Å². The number of anilines is 1. The molecule has 3 nitrogen and oxygen atoms in total. The number of hydrogen-bond donors (Lipinski definition) is 2. The Balaban J connectivity index is 2.19. The number of carboxylic acids is 1. The van der Waals surface area contributed by atoms with Gasteiger partial charge < -0.3 is 10.4 Å². The van der Waals surface area contributed by atoms with E-state index >= 15 is 0 Å². The topological polar surface area (TPSA) is 49.3 Å². The highest BCUT2D eigenvalue weighted by Gasteiger charge is 2.14. The molecule has 0 aliphatic carbocycles. The van der Waals surface area contributed by atoms with E-state index in [1.165, 1.54) is 0 Å². The molecule has 0 radical (unpaired) electrons. The van der Waals surface area contributed by atoms with Crippen LogP contribution < -0.4 is 5.32 Å². The predicted molar refractivity (Wildman–Crippen MR) is 73.9 cm³/mol. The van der Waals surface area contributed by atoms with Crippen LogP contribution in [0.25, 0.3) is 10.8 Å². The van der Waals surface area contributed by atoms with Gasteiger partial charge >= 0.3 is 5.97 Å². The highest BCUT2D eigenvalue weighted by Crippen LogP contribution is 2.23. The summed E-state index contributed by atoms with van der Waals surface area (Å²) in [6, 6.07) is 14.1. The highest BCUT2D eigenvalue weighted by molar-refractivity contribution is 5.93. The Labute approximate surface area is 106 Å². The second kappa shape index (κ2) is 5.54. The minimum absolute atomic E-state index is 0.344. The smallest absolute Gasteiger partial charge is 0.308 e. The van der Waals surface area contributed by atoms with Crippen LogP contribution in [-0.2, 0) is 4.79 Å². The molecule has 0 fully saturated rings. The molecule has 1 atom stereocenters. The molecular formula is C15H17NO2. The van der Waals surface area contributed by atoms with Crippen LogP contribution in [0.4, 0.5) is 5.69 Å². The Hall–Kier alpha value is -2.03. The fraction of sp³-hybridized carbons (Fsp3) is 0.267. The number of carboxylic acid groups (broad SMARTS) is 1. The maximum Gasteiger partial charge on any atom is 0.308 e. The molecule has 3 heteroatoms. The van der Waals surface area contributed by atoms with E-state index in [2.05, 4.69) is 17.4 Å². The minimum atomic E-state index is -0.745. The highest BCUT2D eigenvalue weighted by atomic mass is 16.4. The molecule has 0 heterocycles. The summed E-state index contributed by atoms with van der Waals surface area (Å²) in [5.74, 6) is -1.09. The van der Waals surface area contributed by atoms with Gasteiger partial charge in [0.25, 0.3) is 0 Å². The van der Waals surface area contributed by atoms with Gasteiger partial charge in [0.2, 0.25) is 0 Å². The molecule has 2 aromatic rings. The third-order valence-corrected chi connectivity index (χ3v) is 3.17. The lowest BCUT2D eigenvalue weighted by molar-refractivity contribution is -0.141. The molecule has 0 aromatic heterocycles. The molecule has 0 aliphatic rings. The van der Waals surface area contributed by atoms with E-state index in [1.54, 1.807) is 0 Å². The maximum atomic E-state index is 11.0. The molecule has 94 valence electrons. The fourth-order valence-corrected chi connectivity index (χ4v) is 2.02. The number of nitrogens with one attached hydrogen (secondary N) is 1. The Morgan fingerprint density at radius 2 is 1.94 bits per heavy atom. The largest absolute Gasteiger partial charge is 0.481 e. The summed E-state index contributed by atoms with van der Waals surface area (Å²) in [4.78, 5) is 11.0. The first-order chi connectivity index (χ1) is 8.72. The zero-order valence-corrected chi connectivity index (χ0v) is 10.4. The Morgan fingerprint density at radius 3 is 2.67 bits per heavy atom. The van der Waals surface area contributed by atoms with Crippen molar-refractivity contribution in [2.75, 3.05) is 11.9 Å². The molecule has 0 saturated heterocycles. The van der Waals surface area contributed by atoms with Crippen LogP contribution in [0.1, 0.15) is 13.3 Å². The average Bonchev–Trinajstić information content (AvgIpc) is 2.39. The summed E-state index contributed by atoms with van der Waals surface area (Å²) < 4.78 is 0. The molecule has 0 saturated carbocycles. The van der Waals surface area contributed by atoms with Crippen molar-refractivity contribution < 1.29 is 9.90 Å². The van der Waals surface area contributed by atoms with E-state index in [-0.39, 0.29) is 5.92 Å². The van der Waals surface area contributed by atoms with Crippen molar-refractivity contribution in [3.8, 4) is 0 Å². The third kappa shape index (κ3) is 2.62. The van der Waals surface area contributed by atoms with Crippen molar-refractivity contribution in [2.24, 2.45) is 5.92 Å². The average molecular weight is 243 g/mol. The molecule has 0 bridgehead atoms. The molecular weight excluding hydrogens is 226 g/mol. The van der Waals surface area contributed by atoms with Gasteiger partial charge in [-0.2, -0.15) is 0 Å². The van der Waals surface area contributed by atoms with Crippen molar-refractivity contribution in [2.45, 2.75) is 13.3 Å². The summed E-state index contributed by atoms with van der Waals surface area (Å²) in [6.07, 6.45) is 0.632. The van der Waals surface area contributed by atoms with Gasteiger partial charge in [0.05, 0.1) is 5.92 Å². The number of aliphatic carboxylic acids is 1. The zero-order chi connectivity index (χ0) is 13.0. The third-order valence-electron chi connectivity index (χ3n) is 3.17. The van der Waals surface area contributed by atoms with Gasteiger partial charge in [-0.1, -0.05) is 43.3 Å². The van der Waals surface area contributed by atoms with Crippen LogP contribution >= 0.6 is 0 Å². The monoisotopic (exact) mass is 243 g/mol. The van der Waals surface area contributed by atoms with E-state index in [0.29, 0.717) is 13.0 Å². The summed E-state index contributed by atoms with van der Waals surface area (Å²) in [7, 11) is 0. The number of carbonyl (C=O) groups is 1. The fourth-order valence-electron chi connectivity index (χ4n) is 2.02. The Morgan fingerprint density at radius 1 is 1.22 bits per heavy atom. The second-order valence-corrected chi connectivity index (χ2v) is 4.35. The van der Waals surface area contributed by atoms with Crippen LogP contribution in [0.3, 0.4) is 0 Å². The molecule has 0 spiro atoms. The van der Waals surface area contributed by atoms with Crippen molar-refractivity contribution in [3.05, 3.63) is 42.5 Å². The second-order valence-electron chi connectivity index (χ2n) is 4.35. The molecule has 1 unspecified atom stereocenters. The molecule has 18 heavy (non-hydrogen) atoms. The van der Waals surface area contributed by atoms with Crippen LogP contribution in [0.5, 0.6) is 0 Å². The van der Waals surface area contributed by atoms with E-state index in [0.717, 1.165) is 16.5 Å². The summed E-state index contributed by atoms with van der Waals surface area (Å²) in [5, 5.41) is 14.5. The molecule has 0 amide bonds. The van der Waals surface area contributed by atoms with Crippen molar-refractivity contribution >= 4 is 22.4 Å². The van der Waals surface area contributed by atoms with Gasteiger partial charge in [-0.25, -0.2) is 0 Å². The Bertz CT molecular complexity index is 546. The molecule has 2 rings (SSSR count). The lowest BCUT2D eigenvalue weighted by atomic mass is 10.1. The lowest BCUT2D eigenvalue weighted by Gasteiger charge is -2.13. The first-order valence-corrected chi connectivity index (χ1v) is 6.16. The van der Waals surface area contributed by atoms with Crippen molar-refractivity contribution in [3.63, 3.8) is 0 Å². The van der Waals surface area contributed by atoms with Crippen LogP contribution in [-0.4, -0.2) is 17.6 Å². The number of fused-ring (bicyclic) bond motifs is 1. The van der Waals surface area contributed by atoms with E-state index in [9.17, 15) is 4.79 Å². The first kappa shape index (κ1) is 12.4. The SMILES string of the molecule is CCC(CNc1cccc2ccccc12)C(=O)O. The normalized spacial score (nSPS) is 12.3. The number of rotatable bonds is 5. The summed E-state index contributed by atoms with van der Waals surface area (Å²) in [6.45, 7) is 2.35. The number of hydrogen-bond acceptors (Lipinski definition) is 2. The molecule has 0 aliphatic heterocycles. The van der Waals surface area contributed by atoms with E-state index in [4.69, 9.17) is 5.11 Å². The van der Waals surface area contributed by atoms with Crippen molar-refractivity contribution in [1.82, 2.24) is 0 Å². The maximum absolute atomic E-state index is 11.0. The lowest BCUT2D eigenvalue weighted by Crippen LogP contribution is -2.22. The van der Waals surface area contributed by atoms with E-state index < -0.39 is 5.97 Å². The van der Waals surface area contributed by atoms with Gasteiger partial charge in [-0.15, -0.1) is 0 Å². The van der Waals surface area contributed by atoms with Gasteiger partial charge in [0.1, 0.15) is 0 Å². The van der Waals surface area contributed by atoms with Crippen LogP contribution in [0, 0.1) is 5.92 Å². The minimum Gasteiger partial charge on any atom is -0.481 e. The summed E-state index contributed by atoms with van der Waals surface area (Å²) in [5.41, 5.74) is 0.993. The van der Waals surface area contributed by atoms with Crippen LogP contribution in [0.15, 0.2) is 42.5 Å². The number of benzene rings is 2. The zero-order valence-electron chi connectivity index (χ0n) is 10.4. The van der Waals surface area contributed by atoms with Gasteiger partial charge in [-0.3, -0.25) is 4.79 Å². The summed E-state index contributed by atoms with van der Waals surface area (Å²) >= 11 is 0. The van der Waals surface area contributed by atoms with Gasteiger partial charge in [-0.05, 0) is 17.9 Å². The molecule has 2 aromatic carbocycles. The quantitative estimate of drug-likeness (QED) is 0.846. The first-order valence-electron chi connectivity index (χ1n) is 6.16. The molecule has 2 N–H and O–H groups in total. The standard InChI is InChI=1S/C15H17NO2/c1-2-11(15(17)18)10-16-14-9-5-7-12-6-3-4-8-13(12)14/h3-9,11,16H,2,10H2,1H3,(H,17,18). The van der Waals surface area contributed by atoms with Gasteiger partial charge in [0.15, 0.2) is 0 Å². The Kier molecular flexibility index (Phi) is 3.82. The predicted octanol–water partition coefficient (Wildman–Crippen LogP) is 3.36. The van der Waals surface area contributed by atoms with Gasteiger partial charge in [0, 0.05) is 17.6 Å². The van der Waals surface area contributed by atoms with Crippen LogP contribution in [0.2, 0.25) is 0 Å². The van der Waals surface area contributed by atoms with E-state index in [1.807, 2.05) is 37.3 Å².